The van der Waals surface area contributed by atoms with Crippen molar-refractivity contribution in [3.8, 4) is 11.1 Å². The molecule has 108 valence electrons. The van der Waals surface area contributed by atoms with Crippen LogP contribution in [0, 0.1) is 0 Å². The summed E-state index contributed by atoms with van der Waals surface area (Å²) in [5, 5.41) is 0. The Bertz CT molecular complexity index is 735. The molecule has 1 heteroatoms. The lowest BCUT2D eigenvalue weighted by atomic mass is 9.74. The van der Waals surface area contributed by atoms with Gasteiger partial charge in [0.2, 0.25) is 0 Å². The van der Waals surface area contributed by atoms with E-state index in [0.717, 1.165) is 6.42 Å². The van der Waals surface area contributed by atoms with Crippen LogP contribution in [0.15, 0.2) is 28.7 Å². The summed E-state index contributed by atoms with van der Waals surface area (Å²) in [6.45, 7) is 11.7. The summed E-state index contributed by atoms with van der Waals surface area (Å²) in [5.74, 6) is 0. The van der Waals surface area contributed by atoms with Gasteiger partial charge in [0.25, 0.3) is 0 Å². The molecule has 2 aromatic carbocycles. The second kappa shape index (κ2) is 3.81. The molecular weight excluding hydrogens is 320 g/mol. The SMILES string of the molecule is CCc1cc2c3c(c1)C(C)(C)c1cc(Br)cc(c1-3)C2(C)C. The molecule has 2 aliphatic carbocycles. The summed E-state index contributed by atoms with van der Waals surface area (Å²) in [5.41, 5.74) is 10.8. The highest BCUT2D eigenvalue weighted by atomic mass is 79.9. The molecule has 0 saturated carbocycles. The molecule has 2 aliphatic rings. The molecule has 0 aliphatic heterocycles. The molecule has 0 aromatic heterocycles. The van der Waals surface area contributed by atoms with E-state index in [1.54, 1.807) is 0 Å². The monoisotopic (exact) mass is 340 g/mol. The molecule has 0 spiro atoms. The minimum absolute atomic E-state index is 0.111. The van der Waals surface area contributed by atoms with Gasteiger partial charge in [-0.15, -0.1) is 0 Å². The maximum Gasteiger partial charge on any atom is 0.0181 e. The van der Waals surface area contributed by atoms with E-state index in [2.05, 4.69) is 74.8 Å². The third kappa shape index (κ3) is 1.46. The van der Waals surface area contributed by atoms with Crippen LogP contribution in [0.25, 0.3) is 11.1 Å². The Balaban J connectivity index is 2.21. The molecular formula is C20H21Br. The van der Waals surface area contributed by atoms with Gasteiger partial charge < -0.3 is 0 Å². The van der Waals surface area contributed by atoms with E-state index in [-0.39, 0.29) is 10.8 Å². The average Bonchev–Trinajstić information content (AvgIpc) is 2.78. The fourth-order valence-electron chi connectivity index (χ4n) is 4.31. The van der Waals surface area contributed by atoms with Crippen LogP contribution in [0.4, 0.5) is 0 Å². The average molecular weight is 341 g/mol. The smallest absolute Gasteiger partial charge is 0.0181 e. The minimum Gasteiger partial charge on any atom is -0.0613 e. The molecule has 0 radical (unpaired) electrons. The van der Waals surface area contributed by atoms with E-state index in [9.17, 15) is 0 Å². The van der Waals surface area contributed by atoms with Gasteiger partial charge in [-0.1, -0.05) is 62.7 Å². The van der Waals surface area contributed by atoms with E-state index < -0.39 is 0 Å². The number of benzene rings is 2. The summed E-state index contributed by atoms with van der Waals surface area (Å²) in [4.78, 5) is 0. The Kier molecular flexibility index (Phi) is 2.46. The molecule has 21 heavy (non-hydrogen) atoms. The van der Waals surface area contributed by atoms with E-state index >= 15 is 0 Å². The molecule has 0 saturated heterocycles. The van der Waals surface area contributed by atoms with Crippen molar-refractivity contribution in [2.24, 2.45) is 0 Å². The maximum absolute atomic E-state index is 3.73. The van der Waals surface area contributed by atoms with Crippen molar-refractivity contribution in [3.63, 3.8) is 0 Å². The lowest BCUT2D eigenvalue weighted by Gasteiger charge is -2.29. The Labute approximate surface area is 135 Å². The van der Waals surface area contributed by atoms with Gasteiger partial charge in [-0.3, -0.25) is 0 Å². The molecule has 4 rings (SSSR count). The Hall–Kier alpha value is -1.08. The predicted octanol–water partition coefficient (Wildman–Crippen LogP) is 5.96. The van der Waals surface area contributed by atoms with Gasteiger partial charge in [-0.25, -0.2) is 0 Å². The second-order valence-electron chi connectivity index (χ2n) is 7.55. The van der Waals surface area contributed by atoms with Gasteiger partial charge in [0.1, 0.15) is 0 Å². The summed E-state index contributed by atoms with van der Waals surface area (Å²) in [6, 6.07) is 9.54. The number of rotatable bonds is 1. The molecule has 2 aromatic rings. The van der Waals surface area contributed by atoms with Gasteiger partial charge in [0.15, 0.2) is 0 Å². The topological polar surface area (TPSA) is 0 Å². The molecule has 0 unspecified atom stereocenters. The largest absolute Gasteiger partial charge is 0.0613 e. The Morgan fingerprint density at radius 2 is 1.14 bits per heavy atom. The minimum atomic E-state index is 0.111. The quantitative estimate of drug-likeness (QED) is 0.601. The first-order valence-corrected chi connectivity index (χ1v) is 8.60. The molecule has 0 heterocycles. The summed E-state index contributed by atoms with van der Waals surface area (Å²) < 4.78 is 1.21. The van der Waals surface area contributed by atoms with Gasteiger partial charge in [0, 0.05) is 15.3 Å². The molecule has 0 amide bonds. The van der Waals surface area contributed by atoms with Gasteiger partial charge in [-0.05, 0) is 57.5 Å². The molecule has 0 fully saturated rings. The van der Waals surface area contributed by atoms with Crippen LogP contribution in [0.2, 0.25) is 0 Å². The van der Waals surface area contributed by atoms with Crippen molar-refractivity contribution in [1.29, 1.82) is 0 Å². The third-order valence-corrected chi connectivity index (χ3v) is 6.11. The number of aryl methyl sites for hydroxylation is 1. The Morgan fingerprint density at radius 1 is 0.762 bits per heavy atom. The zero-order valence-electron chi connectivity index (χ0n) is 13.4. The third-order valence-electron chi connectivity index (χ3n) is 5.65. The van der Waals surface area contributed by atoms with Crippen molar-refractivity contribution in [1.82, 2.24) is 0 Å². The van der Waals surface area contributed by atoms with Crippen LogP contribution in [0.5, 0.6) is 0 Å². The van der Waals surface area contributed by atoms with Crippen LogP contribution >= 0.6 is 15.9 Å². The van der Waals surface area contributed by atoms with Gasteiger partial charge >= 0.3 is 0 Å². The van der Waals surface area contributed by atoms with Crippen molar-refractivity contribution < 1.29 is 0 Å². The van der Waals surface area contributed by atoms with Crippen LogP contribution in [0.1, 0.15) is 62.4 Å². The lowest BCUT2D eigenvalue weighted by molar-refractivity contribution is 0.627. The van der Waals surface area contributed by atoms with E-state index in [0.29, 0.717) is 0 Å². The first-order chi connectivity index (χ1) is 9.78. The highest BCUT2D eigenvalue weighted by molar-refractivity contribution is 9.10. The zero-order valence-corrected chi connectivity index (χ0v) is 15.0. The molecule has 0 bridgehead atoms. The van der Waals surface area contributed by atoms with Crippen molar-refractivity contribution in [2.45, 2.75) is 51.9 Å². The van der Waals surface area contributed by atoms with Crippen LogP contribution in [-0.2, 0) is 17.3 Å². The highest BCUT2D eigenvalue weighted by Gasteiger charge is 2.47. The predicted molar refractivity (Wildman–Crippen MR) is 93.2 cm³/mol. The number of hydrogen-bond acceptors (Lipinski definition) is 0. The Morgan fingerprint density at radius 3 is 1.52 bits per heavy atom. The van der Waals surface area contributed by atoms with Crippen molar-refractivity contribution >= 4 is 15.9 Å². The van der Waals surface area contributed by atoms with Crippen LogP contribution in [-0.4, -0.2) is 0 Å². The van der Waals surface area contributed by atoms with Gasteiger partial charge in [-0.2, -0.15) is 0 Å². The van der Waals surface area contributed by atoms with Crippen molar-refractivity contribution in [2.75, 3.05) is 0 Å². The lowest BCUT2D eigenvalue weighted by Crippen LogP contribution is -2.21. The summed E-state index contributed by atoms with van der Waals surface area (Å²) in [6.07, 6.45) is 1.11. The molecule has 0 atom stereocenters. The fourth-order valence-corrected chi connectivity index (χ4v) is 4.77. The standard InChI is InChI=1S/C20H21Br/c1-6-11-7-13-17-14(8-11)20(4,5)16-10-12(21)9-15(18(16)17)19(13,2)3/h7-10H,6H2,1-5H3. The maximum atomic E-state index is 3.73. The normalized spacial score (nSPS) is 19.0. The molecule has 0 nitrogen and oxygen atoms in total. The number of halogens is 1. The first kappa shape index (κ1) is 13.6. The van der Waals surface area contributed by atoms with Crippen molar-refractivity contribution in [3.05, 3.63) is 56.6 Å². The zero-order chi connectivity index (χ0) is 15.2. The van der Waals surface area contributed by atoms with E-state index in [4.69, 9.17) is 0 Å². The van der Waals surface area contributed by atoms with E-state index in [1.165, 1.54) is 43.4 Å². The fraction of sp³-hybridized carbons (Fsp3) is 0.400. The summed E-state index contributed by atoms with van der Waals surface area (Å²) in [7, 11) is 0. The molecule has 0 N–H and O–H groups in total. The van der Waals surface area contributed by atoms with Crippen LogP contribution < -0.4 is 0 Å². The first-order valence-electron chi connectivity index (χ1n) is 7.81. The second-order valence-corrected chi connectivity index (χ2v) is 8.46. The summed E-state index contributed by atoms with van der Waals surface area (Å²) >= 11 is 3.73. The van der Waals surface area contributed by atoms with Crippen LogP contribution in [0.3, 0.4) is 0 Å². The number of hydrogen-bond donors (Lipinski definition) is 0. The van der Waals surface area contributed by atoms with E-state index in [1.807, 2.05) is 0 Å². The van der Waals surface area contributed by atoms with Gasteiger partial charge in [0.05, 0.1) is 0 Å². The highest BCUT2D eigenvalue weighted by Crippen LogP contribution is 2.61.